The van der Waals surface area contributed by atoms with Crippen molar-refractivity contribution in [1.29, 1.82) is 0 Å². The number of carbonyl (C=O) groups is 1. The van der Waals surface area contributed by atoms with Crippen molar-refractivity contribution in [2.24, 2.45) is 0 Å². The number of anilines is 1. The zero-order chi connectivity index (χ0) is 16.9. The van der Waals surface area contributed by atoms with Gasteiger partial charge in [-0.1, -0.05) is 15.9 Å². The summed E-state index contributed by atoms with van der Waals surface area (Å²) in [5.74, 6) is 3.15. The number of benzene rings is 2. The van der Waals surface area contributed by atoms with Crippen molar-refractivity contribution in [3.63, 3.8) is 0 Å². The van der Waals surface area contributed by atoms with E-state index in [0.717, 1.165) is 15.8 Å². The van der Waals surface area contributed by atoms with Gasteiger partial charge in [-0.2, -0.15) is 0 Å². The average molecular weight is 410 g/mol. The molecule has 3 rings (SSSR count). The van der Waals surface area contributed by atoms with Crippen LogP contribution in [0.1, 0.15) is 5.56 Å². The van der Waals surface area contributed by atoms with Gasteiger partial charge >= 0.3 is 0 Å². The van der Waals surface area contributed by atoms with Crippen LogP contribution in [-0.4, -0.2) is 25.6 Å². The molecule has 1 aliphatic rings. The van der Waals surface area contributed by atoms with E-state index >= 15 is 0 Å². The van der Waals surface area contributed by atoms with Gasteiger partial charge in [0.2, 0.25) is 12.7 Å². The number of methoxy groups -OCH3 is 1. The highest BCUT2D eigenvalue weighted by molar-refractivity contribution is 9.10. The minimum absolute atomic E-state index is 0.0622. The van der Waals surface area contributed by atoms with Crippen molar-refractivity contribution in [1.82, 2.24) is 0 Å². The third kappa shape index (κ3) is 4.15. The Labute approximate surface area is 152 Å². The molecule has 1 amide bonds. The molecule has 0 saturated heterocycles. The number of hydrogen-bond donors (Lipinski definition) is 1. The Bertz CT molecular complexity index is 753. The van der Waals surface area contributed by atoms with Gasteiger partial charge in [0, 0.05) is 27.5 Å². The monoisotopic (exact) mass is 409 g/mol. The number of ether oxygens (including phenoxy) is 3. The van der Waals surface area contributed by atoms with E-state index in [-0.39, 0.29) is 12.7 Å². The summed E-state index contributed by atoms with van der Waals surface area (Å²) in [6.45, 7) is 0.219. The van der Waals surface area contributed by atoms with Crippen LogP contribution in [0.25, 0.3) is 0 Å². The number of carbonyl (C=O) groups excluding carboxylic acids is 1. The van der Waals surface area contributed by atoms with Crippen molar-refractivity contribution < 1.29 is 19.0 Å². The van der Waals surface area contributed by atoms with Crippen molar-refractivity contribution in [3.05, 3.63) is 46.4 Å². The molecule has 0 aliphatic carbocycles. The second-order valence-corrected chi connectivity index (χ2v) is 6.97. The molecule has 1 aliphatic heterocycles. The summed E-state index contributed by atoms with van der Waals surface area (Å²) in [5, 5.41) is 2.86. The number of amides is 1. The number of fused-ring (bicyclic) bond motifs is 1. The summed E-state index contributed by atoms with van der Waals surface area (Å²) >= 11 is 4.98. The molecular formula is C17H16BrNO4S. The van der Waals surface area contributed by atoms with Crippen LogP contribution in [0.5, 0.6) is 17.2 Å². The fourth-order valence-electron chi connectivity index (χ4n) is 2.29. The van der Waals surface area contributed by atoms with Gasteiger partial charge in [-0.3, -0.25) is 4.79 Å². The SMILES string of the molecule is COc1ccc(Br)cc1CSCC(=O)Nc1ccc2c(c1)OCO2. The van der Waals surface area contributed by atoms with Gasteiger partial charge in [0.1, 0.15) is 5.75 Å². The first-order valence-electron chi connectivity index (χ1n) is 7.25. The van der Waals surface area contributed by atoms with E-state index in [4.69, 9.17) is 14.2 Å². The van der Waals surface area contributed by atoms with Crippen LogP contribution in [0.15, 0.2) is 40.9 Å². The highest BCUT2D eigenvalue weighted by Crippen LogP contribution is 2.34. The molecule has 0 spiro atoms. The van der Waals surface area contributed by atoms with E-state index in [0.29, 0.717) is 28.7 Å². The van der Waals surface area contributed by atoms with Crippen LogP contribution in [0.2, 0.25) is 0 Å². The van der Waals surface area contributed by atoms with Gasteiger partial charge in [0.05, 0.1) is 12.9 Å². The predicted octanol–water partition coefficient (Wildman–Crippen LogP) is 4.06. The molecule has 0 aromatic heterocycles. The fourth-order valence-corrected chi connectivity index (χ4v) is 3.50. The molecule has 0 atom stereocenters. The molecule has 0 saturated carbocycles. The molecule has 1 heterocycles. The molecule has 5 nitrogen and oxygen atoms in total. The van der Waals surface area contributed by atoms with Crippen LogP contribution in [0, 0.1) is 0 Å². The van der Waals surface area contributed by atoms with E-state index in [9.17, 15) is 4.79 Å². The molecule has 0 fully saturated rings. The van der Waals surface area contributed by atoms with Crippen molar-refractivity contribution in [2.75, 3.05) is 25.0 Å². The molecule has 7 heteroatoms. The number of rotatable bonds is 6. The van der Waals surface area contributed by atoms with Crippen molar-refractivity contribution in [3.8, 4) is 17.2 Å². The highest BCUT2D eigenvalue weighted by Gasteiger charge is 2.14. The normalized spacial score (nSPS) is 12.1. The lowest BCUT2D eigenvalue weighted by Gasteiger charge is -2.09. The third-order valence-corrected chi connectivity index (χ3v) is 4.86. The summed E-state index contributed by atoms with van der Waals surface area (Å²) in [5.41, 5.74) is 1.75. The van der Waals surface area contributed by atoms with Gasteiger partial charge < -0.3 is 19.5 Å². The maximum absolute atomic E-state index is 12.1. The summed E-state index contributed by atoms with van der Waals surface area (Å²) < 4.78 is 16.9. The molecule has 126 valence electrons. The van der Waals surface area contributed by atoms with E-state index in [2.05, 4.69) is 21.2 Å². The third-order valence-electron chi connectivity index (χ3n) is 3.39. The van der Waals surface area contributed by atoms with Gasteiger partial charge in [-0.15, -0.1) is 11.8 Å². The predicted molar refractivity (Wildman–Crippen MR) is 98.1 cm³/mol. The number of hydrogen-bond acceptors (Lipinski definition) is 5. The summed E-state index contributed by atoms with van der Waals surface area (Å²) in [6.07, 6.45) is 0. The Morgan fingerprint density at radius 2 is 2.08 bits per heavy atom. The maximum Gasteiger partial charge on any atom is 0.234 e. The van der Waals surface area contributed by atoms with Gasteiger partial charge in [0.15, 0.2) is 11.5 Å². The van der Waals surface area contributed by atoms with Crippen molar-refractivity contribution >= 4 is 39.3 Å². The van der Waals surface area contributed by atoms with E-state index in [1.165, 1.54) is 11.8 Å². The quantitative estimate of drug-likeness (QED) is 0.779. The van der Waals surface area contributed by atoms with Gasteiger partial charge in [-0.05, 0) is 30.3 Å². The lowest BCUT2D eigenvalue weighted by molar-refractivity contribution is -0.113. The Hall–Kier alpha value is -1.86. The minimum Gasteiger partial charge on any atom is -0.496 e. The Balaban J connectivity index is 1.52. The second kappa shape index (κ2) is 7.81. The molecule has 2 aromatic rings. The first-order valence-corrected chi connectivity index (χ1v) is 9.20. The van der Waals surface area contributed by atoms with Crippen LogP contribution in [0.4, 0.5) is 5.69 Å². The van der Waals surface area contributed by atoms with Crippen LogP contribution in [0.3, 0.4) is 0 Å². The zero-order valence-corrected chi connectivity index (χ0v) is 15.4. The topological polar surface area (TPSA) is 56.8 Å². The van der Waals surface area contributed by atoms with Gasteiger partial charge in [-0.25, -0.2) is 0 Å². The largest absolute Gasteiger partial charge is 0.496 e. The zero-order valence-electron chi connectivity index (χ0n) is 13.0. The lowest BCUT2D eigenvalue weighted by Crippen LogP contribution is -2.14. The summed E-state index contributed by atoms with van der Waals surface area (Å²) in [7, 11) is 1.64. The van der Waals surface area contributed by atoms with E-state index in [1.54, 1.807) is 25.3 Å². The standard InChI is InChI=1S/C17H16BrNO4S/c1-21-14-4-2-12(18)6-11(14)8-24-9-17(20)19-13-3-5-15-16(7-13)23-10-22-15/h2-7H,8-10H2,1H3,(H,19,20). The second-order valence-electron chi connectivity index (χ2n) is 5.07. The van der Waals surface area contributed by atoms with Gasteiger partial charge in [0.25, 0.3) is 0 Å². The van der Waals surface area contributed by atoms with E-state index < -0.39 is 0 Å². The molecular weight excluding hydrogens is 394 g/mol. The van der Waals surface area contributed by atoms with Crippen LogP contribution < -0.4 is 19.5 Å². The Morgan fingerprint density at radius 1 is 1.25 bits per heavy atom. The Morgan fingerprint density at radius 3 is 2.92 bits per heavy atom. The smallest absolute Gasteiger partial charge is 0.234 e. The molecule has 1 N–H and O–H groups in total. The average Bonchev–Trinajstić information content (AvgIpc) is 3.03. The molecule has 24 heavy (non-hydrogen) atoms. The van der Waals surface area contributed by atoms with Crippen LogP contribution >= 0.6 is 27.7 Å². The maximum atomic E-state index is 12.1. The Kier molecular flexibility index (Phi) is 5.52. The summed E-state index contributed by atoms with van der Waals surface area (Å²) in [6, 6.07) is 11.2. The first-order chi connectivity index (χ1) is 11.7. The van der Waals surface area contributed by atoms with E-state index in [1.807, 2.05) is 18.2 Å². The van der Waals surface area contributed by atoms with Crippen LogP contribution in [-0.2, 0) is 10.5 Å². The lowest BCUT2D eigenvalue weighted by atomic mass is 10.2. The molecule has 2 aromatic carbocycles. The molecule has 0 radical (unpaired) electrons. The minimum atomic E-state index is -0.0622. The number of thioether (sulfide) groups is 1. The number of nitrogens with one attached hydrogen (secondary N) is 1. The fraction of sp³-hybridized carbons (Fsp3) is 0.235. The summed E-state index contributed by atoms with van der Waals surface area (Å²) in [4.78, 5) is 12.1. The molecule has 0 unspecified atom stereocenters. The number of halogens is 1. The highest BCUT2D eigenvalue weighted by atomic mass is 79.9. The molecule has 0 bridgehead atoms. The van der Waals surface area contributed by atoms with Crippen molar-refractivity contribution in [2.45, 2.75) is 5.75 Å². The first kappa shape index (κ1) is 17.0.